The Morgan fingerprint density at radius 1 is 1.41 bits per heavy atom. The van der Waals surface area contributed by atoms with Crippen LogP contribution < -0.4 is 11.3 Å². The van der Waals surface area contributed by atoms with Crippen molar-refractivity contribution in [1.82, 2.24) is 15.4 Å². The topological polar surface area (TPSA) is 132 Å². The van der Waals surface area contributed by atoms with Crippen molar-refractivity contribution in [2.75, 3.05) is 6.61 Å². The predicted molar refractivity (Wildman–Crippen MR) is 53.3 cm³/mol. The Hall–Kier alpha value is -1.39. The number of amides is 2. The van der Waals surface area contributed by atoms with Gasteiger partial charge in [0.1, 0.15) is 18.3 Å². The van der Waals surface area contributed by atoms with Gasteiger partial charge in [-0.05, 0) is 0 Å². The van der Waals surface area contributed by atoms with Gasteiger partial charge in [0.05, 0.1) is 12.8 Å². The van der Waals surface area contributed by atoms with Gasteiger partial charge in [0.2, 0.25) is 0 Å². The number of hydrazine groups is 2. The SMILES string of the molecule is NN1C=CN([C@@H]2O[C@H](CO)[C@@H](O)[C@H]2O)C(=O)N1. The van der Waals surface area contributed by atoms with E-state index in [0.717, 1.165) is 10.0 Å². The van der Waals surface area contributed by atoms with Crippen molar-refractivity contribution in [3.63, 3.8) is 0 Å². The molecule has 0 aromatic heterocycles. The number of urea groups is 1. The first-order valence-corrected chi connectivity index (χ1v) is 4.98. The fraction of sp³-hybridized carbons (Fsp3) is 0.625. The van der Waals surface area contributed by atoms with E-state index in [1.807, 2.05) is 0 Å². The Balaban J connectivity index is 2.13. The van der Waals surface area contributed by atoms with E-state index >= 15 is 0 Å². The van der Waals surface area contributed by atoms with Crippen LogP contribution in [-0.2, 0) is 4.74 Å². The third-order valence-corrected chi connectivity index (χ3v) is 2.64. The Bertz CT molecular complexity index is 338. The number of aliphatic hydroxyl groups is 3. The van der Waals surface area contributed by atoms with Crippen LogP contribution >= 0.6 is 0 Å². The maximum atomic E-state index is 11.5. The summed E-state index contributed by atoms with van der Waals surface area (Å²) in [7, 11) is 0. The van der Waals surface area contributed by atoms with Gasteiger partial charge in [0.15, 0.2) is 6.23 Å². The summed E-state index contributed by atoms with van der Waals surface area (Å²) in [5.74, 6) is 5.30. The van der Waals surface area contributed by atoms with Gasteiger partial charge in [-0.1, -0.05) is 0 Å². The van der Waals surface area contributed by atoms with Gasteiger partial charge < -0.3 is 20.1 Å². The van der Waals surface area contributed by atoms with Crippen LogP contribution in [0.15, 0.2) is 12.4 Å². The molecule has 96 valence electrons. The lowest BCUT2D eigenvalue weighted by Crippen LogP contribution is -2.56. The smallest absolute Gasteiger partial charge is 0.343 e. The summed E-state index contributed by atoms with van der Waals surface area (Å²) >= 11 is 0. The Kier molecular flexibility index (Phi) is 3.17. The molecule has 4 atom stereocenters. The number of ether oxygens (including phenoxy) is 1. The first-order valence-electron chi connectivity index (χ1n) is 4.98. The molecule has 17 heavy (non-hydrogen) atoms. The molecule has 0 unspecified atom stereocenters. The van der Waals surface area contributed by atoms with E-state index in [1.54, 1.807) is 0 Å². The number of carbonyl (C=O) groups is 1. The number of nitrogens with zero attached hydrogens (tertiary/aromatic N) is 2. The molecule has 0 bridgehead atoms. The molecule has 0 radical (unpaired) electrons. The molecule has 2 heterocycles. The van der Waals surface area contributed by atoms with E-state index in [4.69, 9.17) is 15.7 Å². The summed E-state index contributed by atoms with van der Waals surface area (Å²) in [5.41, 5.74) is 2.25. The Morgan fingerprint density at radius 3 is 2.65 bits per heavy atom. The van der Waals surface area contributed by atoms with Gasteiger partial charge >= 0.3 is 6.03 Å². The predicted octanol–water partition coefficient (Wildman–Crippen LogP) is -2.99. The van der Waals surface area contributed by atoms with Gasteiger partial charge in [-0.15, -0.1) is 0 Å². The first-order chi connectivity index (χ1) is 8.04. The van der Waals surface area contributed by atoms with E-state index < -0.39 is 37.2 Å². The standard InChI is InChI=1S/C8H14N4O5/c9-12-2-1-11(8(16)10-12)7-6(15)5(14)4(3-13)17-7/h1-2,4-7,13-15H,3,9H2,(H,10,16)/t4-,5-,6-,7-/m1/s1. The molecular formula is C8H14N4O5. The molecule has 0 aliphatic carbocycles. The van der Waals surface area contributed by atoms with Crippen molar-refractivity contribution >= 4 is 6.03 Å². The quantitative estimate of drug-likeness (QED) is 0.328. The largest absolute Gasteiger partial charge is 0.394 e. The highest BCUT2D eigenvalue weighted by atomic mass is 16.6. The Morgan fingerprint density at radius 2 is 2.12 bits per heavy atom. The summed E-state index contributed by atoms with van der Waals surface area (Å²) in [6.45, 7) is -0.448. The van der Waals surface area contributed by atoms with Gasteiger partial charge in [-0.2, -0.15) is 0 Å². The molecule has 0 aromatic rings. The second-order valence-corrected chi connectivity index (χ2v) is 3.76. The zero-order valence-corrected chi connectivity index (χ0v) is 8.80. The number of aliphatic hydroxyl groups excluding tert-OH is 3. The molecule has 2 amide bonds. The summed E-state index contributed by atoms with van der Waals surface area (Å²) in [5, 5.41) is 29.1. The van der Waals surface area contributed by atoms with Crippen molar-refractivity contribution < 1.29 is 24.9 Å². The summed E-state index contributed by atoms with van der Waals surface area (Å²) < 4.78 is 5.18. The second-order valence-electron chi connectivity index (χ2n) is 3.76. The highest BCUT2D eigenvalue weighted by Crippen LogP contribution is 2.24. The molecule has 2 aliphatic rings. The zero-order chi connectivity index (χ0) is 12.6. The van der Waals surface area contributed by atoms with E-state index in [0.29, 0.717) is 0 Å². The molecule has 1 saturated heterocycles. The van der Waals surface area contributed by atoms with Crippen molar-refractivity contribution in [3.8, 4) is 0 Å². The monoisotopic (exact) mass is 246 g/mol. The van der Waals surface area contributed by atoms with E-state index in [1.165, 1.54) is 12.4 Å². The third-order valence-electron chi connectivity index (χ3n) is 2.64. The van der Waals surface area contributed by atoms with Crippen molar-refractivity contribution in [2.24, 2.45) is 5.84 Å². The zero-order valence-electron chi connectivity index (χ0n) is 8.80. The van der Waals surface area contributed by atoms with E-state index in [-0.39, 0.29) is 0 Å². The van der Waals surface area contributed by atoms with Crippen LogP contribution in [0.2, 0.25) is 0 Å². The van der Waals surface area contributed by atoms with Crippen LogP contribution in [0.3, 0.4) is 0 Å². The normalized spacial score (nSPS) is 37.5. The highest BCUT2D eigenvalue weighted by molar-refractivity contribution is 5.76. The van der Waals surface area contributed by atoms with Crippen LogP contribution in [0.25, 0.3) is 0 Å². The summed E-state index contributed by atoms with van der Waals surface area (Å²) in [6.07, 6.45) is -1.89. The van der Waals surface area contributed by atoms with Gasteiger partial charge in [0, 0.05) is 6.20 Å². The molecule has 0 aromatic carbocycles. The number of carbonyl (C=O) groups excluding carboxylic acids is 1. The summed E-state index contributed by atoms with van der Waals surface area (Å²) in [6, 6.07) is -0.607. The first kappa shape index (κ1) is 12.1. The molecule has 0 spiro atoms. The molecule has 9 heteroatoms. The maximum absolute atomic E-state index is 11.5. The van der Waals surface area contributed by atoms with Crippen LogP contribution in [-0.4, -0.2) is 62.5 Å². The lowest BCUT2D eigenvalue weighted by atomic mass is 10.1. The minimum Gasteiger partial charge on any atom is -0.394 e. The van der Waals surface area contributed by atoms with Gasteiger partial charge in [-0.3, -0.25) is 4.90 Å². The lowest BCUT2D eigenvalue weighted by molar-refractivity contribution is -0.0688. The minimum absolute atomic E-state index is 0.448. The second kappa shape index (κ2) is 4.47. The number of nitrogens with two attached hydrogens (primary N) is 1. The average Bonchev–Trinajstić information content (AvgIpc) is 2.57. The highest BCUT2D eigenvalue weighted by Gasteiger charge is 2.46. The molecule has 9 nitrogen and oxygen atoms in total. The molecule has 1 fully saturated rings. The number of hydrogen-bond acceptors (Lipinski definition) is 7. The molecule has 0 saturated carbocycles. The van der Waals surface area contributed by atoms with Crippen molar-refractivity contribution in [2.45, 2.75) is 24.5 Å². The number of rotatable bonds is 2. The average molecular weight is 246 g/mol. The van der Waals surface area contributed by atoms with Crippen LogP contribution in [0.5, 0.6) is 0 Å². The van der Waals surface area contributed by atoms with E-state index in [9.17, 15) is 15.0 Å². The third kappa shape index (κ3) is 2.06. The Labute approximate surface area is 96.6 Å². The molecular weight excluding hydrogens is 232 g/mol. The van der Waals surface area contributed by atoms with E-state index in [2.05, 4.69) is 5.43 Å². The van der Waals surface area contributed by atoms with Crippen molar-refractivity contribution in [3.05, 3.63) is 12.4 Å². The molecule has 6 N–H and O–H groups in total. The van der Waals surface area contributed by atoms with Gasteiger partial charge in [0.25, 0.3) is 0 Å². The van der Waals surface area contributed by atoms with Gasteiger partial charge in [-0.25, -0.2) is 21.2 Å². The van der Waals surface area contributed by atoms with Crippen LogP contribution in [0.4, 0.5) is 4.79 Å². The number of nitrogens with one attached hydrogen (secondary N) is 1. The maximum Gasteiger partial charge on any atom is 0.343 e. The molecule has 2 aliphatic heterocycles. The lowest BCUT2D eigenvalue weighted by Gasteiger charge is -2.32. The minimum atomic E-state index is -1.30. The van der Waals surface area contributed by atoms with Crippen LogP contribution in [0.1, 0.15) is 0 Å². The molecule has 2 rings (SSSR count). The summed E-state index contributed by atoms with van der Waals surface area (Å²) in [4.78, 5) is 12.6. The fourth-order valence-electron chi connectivity index (χ4n) is 1.73. The van der Waals surface area contributed by atoms with Crippen molar-refractivity contribution in [1.29, 1.82) is 0 Å². The van der Waals surface area contributed by atoms with Crippen LogP contribution in [0, 0.1) is 0 Å². The fourth-order valence-corrected chi connectivity index (χ4v) is 1.73. The number of hydrogen-bond donors (Lipinski definition) is 5.